The lowest BCUT2D eigenvalue weighted by Crippen LogP contribution is -2.40. The lowest BCUT2D eigenvalue weighted by atomic mass is 9.97. The van der Waals surface area contributed by atoms with Gasteiger partial charge in [0.25, 0.3) is 5.89 Å². The van der Waals surface area contributed by atoms with Crippen LogP contribution in [-0.2, 0) is 0 Å². The van der Waals surface area contributed by atoms with Crippen molar-refractivity contribution in [2.75, 3.05) is 32.6 Å². The minimum atomic E-state index is -0.172. The molecule has 1 aromatic carbocycles. The van der Waals surface area contributed by atoms with Crippen LogP contribution in [0.3, 0.4) is 0 Å². The van der Waals surface area contributed by atoms with Crippen LogP contribution in [0.4, 0.5) is 10.5 Å². The number of methoxy groups -OCH3 is 2. The number of furan rings is 1. The molecule has 0 aliphatic carbocycles. The topological polar surface area (TPSA) is 103 Å². The third kappa shape index (κ3) is 4.03. The first-order valence-corrected chi connectivity index (χ1v) is 9.33. The van der Waals surface area contributed by atoms with E-state index in [0.29, 0.717) is 47.8 Å². The summed E-state index contributed by atoms with van der Waals surface area (Å²) in [6.45, 7) is 1.18. The minimum Gasteiger partial charge on any atom is -0.497 e. The predicted molar refractivity (Wildman–Crippen MR) is 104 cm³/mol. The number of amides is 2. The number of benzene rings is 1. The number of carbonyl (C=O) groups excluding carboxylic acids is 1. The molecule has 1 fully saturated rings. The molecule has 1 N–H and O–H groups in total. The van der Waals surface area contributed by atoms with Crippen LogP contribution in [0.5, 0.6) is 11.5 Å². The van der Waals surface area contributed by atoms with Gasteiger partial charge < -0.3 is 28.5 Å². The summed E-state index contributed by atoms with van der Waals surface area (Å²) >= 11 is 0. The van der Waals surface area contributed by atoms with Gasteiger partial charge in [-0.1, -0.05) is 0 Å². The number of carbonyl (C=O) groups is 1. The number of hydrogen-bond acceptors (Lipinski definition) is 7. The lowest BCUT2D eigenvalue weighted by molar-refractivity contribution is 0.190. The molecule has 0 radical (unpaired) electrons. The first kappa shape index (κ1) is 18.9. The first-order valence-electron chi connectivity index (χ1n) is 9.33. The van der Waals surface area contributed by atoms with Crippen molar-refractivity contribution < 1.29 is 23.1 Å². The largest absolute Gasteiger partial charge is 0.497 e. The van der Waals surface area contributed by atoms with Crippen LogP contribution < -0.4 is 14.8 Å². The van der Waals surface area contributed by atoms with Crippen LogP contribution in [0.1, 0.15) is 24.7 Å². The highest BCUT2D eigenvalue weighted by Crippen LogP contribution is 2.31. The van der Waals surface area contributed by atoms with E-state index in [0.717, 1.165) is 12.8 Å². The monoisotopic (exact) mass is 398 g/mol. The highest BCUT2D eigenvalue weighted by Gasteiger charge is 2.28. The van der Waals surface area contributed by atoms with E-state index in [-0.39, 0.29) is 11.9 Å². The van der Waals surface area contributed by atoms with E-state index in [1.165, 1.54) is 0 Å². The Morgan fingerprint density at radius 1 is 1.17 bits per heavy atom. The molecule has 0 bridgehead atoms. The van der Waals surface area contributed by atoms with E-state index in [1.54, 1.807) is 55.7 Å². The molecule has 29 heavy (non-hydrogen) atoms. The fraction of sp³-hybridized carbons (Fsp3) is 0.350. The zero-order valence-electron chi connectivity index (χ0n) is 16.3. The maximum atomic E-state index is 12.7. The van der Waals surface area contributed by atoms with Gasteiger partial charge in [0.15, 0.2) is 5.76 Å². The minimum absolute atomic E-state index is 0.116. The van der Waals surface area contributed by atoms with Crippen molar-refractivity contribution in [2.24, 2.45) is 0 Å². The van der Waals surface area contributed by atoms with Crippen LogP contribution in [0.2, 0.25) is 0 Å². The summed E-state index contributed by atoms with van der Waals surface area (Å²) in [5, 5.41) is 11.1. The van der Waals surface area contributed by atoms with Crippen molar-refractivity contribution in [3.05, 3.63) is 42.5 Å². The summed E-state index contributed by atoms with van der Waals surface area (Å²) in [6.07, 6.45) is 3.05. The van der Waals surface area contributed by atoms with Crippen molar-refractivity contribution >= 4 is 11.7 Å². The van der Waals surface area contributed by atoms with Crippen LogP contribution >= 0.6 is 0 Å². The van der Waals surface area contributed by atoms with Crippen LogP contribution in [0.15, 0.2) is 45.4 Å². The van der Waals surface area contributed by atoms with E-state index in [9.17, 15) is 4.79 Å². The van der Waals surface area contributed by atoms with Crippen LogP contribution in [0.25, 0.3) is 11.7 Å². The van der Waals surface area contributed by atoms with Gasteiger partial charge in [-0.2, -0.15) is 0 Å². The van der Waals surface area contributed by atoms with Crippen molar-refractivity contribution in [2.45, 2.75) is 18.8 Å². The third-order valence-corrected chi connectivity index (χ3v) is 4.95. The fourth-order valence-electron chi connectivity index (χ4n) is 3.32. The molecule has 1 aliphatic rings. The van der Waals surface area contributed by atoms with Crippen molar-refractivity contribution in [3.63, 3.8) is 0 Å². The standard InChI is InChI=1S/C20H22N4O5/c1-26-14-5-6-15(17(12-14)27-2)21-20(25)24-9-7-13(8-10-24)18-22-23-19(29-18)16-4-3-11-28-16/h3-6,11-13H,7-10H2,1-2H3,(H,21,25). The highest BCUT2D eigenvalue weighted by molar-refractivity contribution is 5.91. The Labute approximate surface area is 167 Å². The molecule has 9 heteroatoms. The number of aromatic nitrogens is 2. The molecule has 1 aliphatic heterocycles. The molecule has 0 spiro atoms. The van der Waals surface area contributed by atoms with Gasteiger partial charge in [-0.3, -0.25) is 0 Å². The van der Waals surface area contributed by atoms with Gasteiger partial charge in [-0.25, -0.2) is 4.79 Å². The summed E-state index contributed by atoms with van der Waals surface area (Å²) in [5.41, 5.74) is 0.598. The molecule has 3 aromatic rings. The summed E-state index contributed by atoms with van der Waals surface area (Å²) in [4.78, 5) is 14.4. The number of nitrogens with one attached hydrogen (secondary N) is 1. The number of piperidine rings is 1. The zero-order valence-corrected chi connectivity index (χ0v) is 16.3. The number of urea groups is 1. The van der Waals surface area contributed by atoms with E-state index < -0.39 is 0 Å². The summed E-state index contributed by atoms with van der Waals surface area (Å²) < 4.78 is 21.5. The second kappa shape index (κ2) is 8.26. The molecule has 0 unspecified atom stereocenters. The quantitative estimate of drug-likeness (QED) is 0.698. The van der Waals surface area contributed by atoms with Gasteiger partial charge in [0, 0.05) is 25.1 Å². The number of hydrogen-bond donors (Lipinski definition) is 1. The Morgan fingerprint density at radius 2 is 2.00 bits per heavy atom. The second-order valence-electron chi connectivity index (χ2n) is 6.68. The zero-order chi connectivity index (χ0) is 20.2. The predicted octanol–water partition coefficient (Wildman–Crippen LogP) is 3.76. The lowest BCUT2D eigenvalue weighted by Gasteiger charge is -2.30. The molecular weight excluding hydrogens is 376 g/mol. The van der Waals surface area contributed by atoms with Gasteiger partial charge in [-0.05, 0) is 37.1 Å². The molecule has 0 atom stereocenters. The average molecular weight is 398 g/mol. The maximum Gasteiger partial charge on any atom is 0.321 e. The van der Waals surface area contributed by atoms with E-state index in [2.05, 4.69) is 15.5 Å². The third-order valence-electron chi connectivity index (χ3n) is 4.95. The number of anilines is 1. The van der Waals surface area contributed by atoms with Crippen molar-refractivity contribution in [1.29, 1.82) is 0 Å². The van der Waals surface area contributed by atoms with E-state index >= 15 is 0 Å². The Bertz CT molecular complexity index is 961. The fourth-order valence-corrected chi connectivity index (χ4v) is 3.32. The number of ether oxygens (including phenoxy) is 2. The van der Waals surface area contributed by atoms with Crippen molar-refractivity contribution in [1.82, 2.24) is 15.1 Å². The number of rotatable bonds is 5. The summed E-state index contributed by atoms with van der Waals surface area (Å²) in [7, 11) is 3.13. The Morgan fingerprint density at radius 3 is 2.69 bits per heavy atom. The molecular formula is C20H22N4O5. The molecule has 3 heterocycles. The first-order chi connectivity index (χ1) is 14.2. The molecule has 2 aromatic heterocycles. The molecule has 0 saturated carbocycles. The summed E-state index contributed by atoms with van der Waals surface area (Å²) in [6, 6.07) is 8.64. The maximum absolute atomic E-state index is 12.7. The van der Waals surface area contributed by atoms with Gasteiger partial charge in [0.05, 0.1) is 26.2 Å². The van der Waals surface area contributed by atoms with Gasteiger partial charge in [0.1, 0.15) is 11.5 Å². The Balaban J connectivity index is 1.35. The van der Waals surface area contributed by atoms with E-state index in [1.807, 2.05) is 0 Å². The molecule has 152 valence electrons. The Hall–Kier alpha value is -3.49. The molecule has 4 rings (SSSR count). The second-order valence-corrected chi connectivity index (χ2v) is 6.68. The van der Waals surface area contributed by atoms with Crippen LogP contribution in [0, 0.1) is 0 Å². The molecule has 9 nitrogen and oxygen atoms in total. The number of nitrogens with zero attached hydrogens (tertiary/aromatic N) is 3. The SMILES string of the molecule is COc1ccc(NC(=O)N2CCC(c3nnc(-c4ccco4)o3)CC2)c(OC)c1. The van der Waals surface area contributed by atoms with Gasteiger partial charge in [-0.15, -0.1) is 10.2 Å². The normalized spacial score (nSPS) is 14.6. The highest BCUT2D eigenvalue weighted by atomic mass is 16.5. The van der Waals surface area contributed by atoms with Gasteiger partial charge >= 0.3 is 6.03 Å². The van der Waals surface area contributed by atoms with E-state index in [4.69, 9.17) is 18.3 Å². The summed E-state index contributed by atoms with van der Waals surface area (Å²) in [5.74, 6) is 2.82. The number of likely N-dealkylation sites (tertiary alicyclic amines) is 1. The van der Waals surface area contributed by atoms with Crippen molar-refractivity contribution in [3.8, 4) is 23.1 Å². The molecule has 1 saturated heterocycles. The average Bonchev–Trinajstić information content (AvgIpc) is 3.46. The molecule has 2 amide bonds. The Kier molecular flexibility index (Phi) is 5.37. The van der Waals surface area contributed by atoms with Gasteiger partial charge in [0.2, 0.25) is 5.89 Å². The smallest absolute Gasteiger partial charge is 0.321 e. The van der Waals surface area contributed by atoms with Crippen LogP contribution in [-0.4, -0.2) is 48.4 Å².